The highest BCUT2D eigenvalue weighted by Gasteiger charge is 2.32. The van der Waals surface area contributed by atoms with Crippen molar-refractivity contribution >= 4 is 28.7 Å². The topological polar surface area (TPSA) is 57.3 Å². The van der Waals surface area contributed by atoms with E-state index in [9.17, 15) is 18.0 Å². The molecule has 2 heterocycles. The molecule has 0 aliphatic carbocycles. The number of rotatable bonds is 5. The molecule has 1 atom stereocenters. The zero-order valence-corrected chi connectivity index (χ0v) is 17.5. The van der Waals surface area contributed by atoms with Crippen LogP contribution in [0.5, 0.6) is 0 Å². The van der Waals surface area contributed by atoms with E-state index in [2.05, 4.69) is 15.6 Å². The minimum absolute atomic E-state index is 0.0662. The van der Waals surface area contributed by atoms with E-state index in [1.807, 2.05) is 35.2 Å². The van der Waals surface area contributed by atoms with Crippen LogP contribution in [0, 0.1) is 0 Å². The van der Waals surface area contributed by atoms with Crippen molar-refractivity contribution in [2.45, 2.75) is 32.0 Å². The Balaban J connectivity index is 1.72. The summed E-state index contributed by atoms with van der Waals surface area (Å²) in [5, 5.41) is 6.41. The average molecular weight is 440 g/mol. The molecule has 3 aromatic rings. The minimum Gasteiger partial charge on any atom is -0.354 e. The third kappa shape index (κ3) is 4.69. The van der Waals surface area contributed by atoms with Gasteiger partial charge in [-0.3, -0.25) is 9.78 Å². The first-order valence-electron chi connectivity index (χ1n) is 10.4. The van der Waals surface area contributed by atoms with Gasteiger partial charge in [-0.25, -0.2) is 0 Å². The van der Waals surface area contributed by atoms with Crippen molar-refractivity contribution in [1.82, 2.24) is 10.3 Å². The van der Waals surface area contributed by atoms with Crippen LogP contribution in [0.1, 0.15) is 24.5 Å². The van der Waals surface area contributed by atoms with Crippen molar-refractivity contribution in [3.63, 3.8) is 0 Å². The summed E-state index contributed by atoms with van der Waals surface area (Å²) < 4.78 is 39.1. The lowest BCUT2D eigenvalue weighted by molar-refractivity contribution is -0.137. The molecule has 32 heavy (non-hydrogen) atoms. The highest BCUT2D eigenvalue weighted by atomic mass is 19.4. The third-order valence-electron chi connectivity index (χ3n) is 5.43. The van der Waals surface area contributed by atoms with Gasteiger partial charge < -0.3 is 15.5 Å². The number of aromatic nitrogens is 1. The van der Waals surface area contributed by atoms with Gasteiger partial charge in [0.1, 0.15) is 0 Å². The second-order valence-electron chi connectivity index (χ2n) is 7.65. The Hall–Kier alpha value is -3.55. The van der Waals surface area contributed by atoms with Crippen molar-refractivity contribution in [2.75, 3.05) is 16.8 Å². The van der Waals surface area contributed by atoms with Gasteiger partial charge in [-0.15, -0.1) is 0 Å². The van der Waals surface area contributed by atoms with Gasteiger partial charge >= 0.3 is 6.18 Å². The number of halogens is 3. The number of nitrogens with zero attached hydrogens (tertiary/aromatic N) is 2. The monoisotopic (exact) mass is 440 g/mol. The van der Waals surface area contributed by atoms with Crippen LogP contribution in [0.4, 0.5) is 35.9 Å². The molecule has 1 aliphatic heterocycles. The van der Waals surface area contributed by atoms with Crippen LogP contribution < -0.4 is 15.5 Å². The Morgan fingerprint density at radius 1 is 1.12 bits per heavy atom. The van der Waals surface area contributed by atoms with E-state index >= 15 is 0 Å². The van der Waals surface area contributed by atoms with Gasteiger partial charge in [0.25, 0.3) is 0 Å². The molecule has 1 aliphatic rings. The van der Waals surface area contributed by atoms with Crippen molar-refractivity contribution in [3.05, 3.63) is 78.1 Å². The van der Waals surface area contributed by atoms with Crippen LogP contribution in [0.2, 0.25) is 0 Å². The molecule has 8 heteroatoms. The average Bonchev–Trinajstić information content (AvgIpc) is 2.79. The molecular weight excluding hydrogens is 417 g/mol. The fourth-order valence-electron chi connectivity index (χ4n) is 3.88. The predicted molar refractivity (Wildman–Crippen MR) is 118 cm³/mol. The molecule has 0 fully saturated rings. The Kier molecular flexibility index (Phi) is 6.03. The molecule has 1 aromatic heterocycles. The number of alkyl halides is 3. The number of carbonyl (C=O) groups is 1. The standard InChI is InChI=1S/C24H23F3N4O/c1-2-23(32)30-18-13-20-21(29-17-5-4-12-28-14-17)6-3-7-22(20)31(15-18)19-10-8-16(9-11-19)24(25,26)27/h3-12,14,18,29H,2,13,15H2,1H3,(H,30,32). The number of amides is 1. The number of pyridine rings is 1. The number of nitrogens with one attached hydrogen (secondary N) is 2. The summed E-state index contributed by atoms with van der Waals surface area (Å²) >= 11 is 0. The molecule has 5 nitrogen and oxygen atoms in total. The largest absolute Gasteiger partial charge is 0.416 e. The van der Waals surface area contributed by atoms with Crippen LogP contribution in [0.3, 0.4) is 0 Å². The zero-order chi connectivity index (χ0) is 22.7. The second-order valence-corrected chi connectivity index (χ2v) is 7.65. The number of hydrogen-bond donors (Lipinski definition) is 2. The summed E-state index contributed by atoms with van der Waals surface area (Å²) in [4.78, 5) is 18.2. The van der Waals surface area contributed by atoms with Crippen LogP contribution >= 0.6 is 0 Å². The molecule has 2 N–H and O–H groups in total. The van der Waals surface area contributed by atoms with Crippen LogP contribution in [-0.4, -0.2) is 23.5 Å². The van der Waals surface area contributed by atoms with Gasteiger partial charge in [-0.2, -0.15) is 13.2 Å². The summed E-state index contributed by atoms with van der Waals surface area (Å²) in [7, 11) is 0. The first-order valence-corrected chi connectivity index (χ1v) is 10.4. The normalized spacial score (nSPS) is 15.8. The van der Waals surface area contributed by atoms with Crippen molar-refractivity contribution in [1.29, 1.82) is 0 Å². The quantitative estimate of drug-likeness (QED) is 0.555. The van der Waals surface area contributed by atoms with Crippen LogP contribution in [0.15, 0.2) is 67.0 Å². The lowest BCUT2D eigenvalue weighted by Crippen LogP contribution is -2.46. The first-order chi connectivity index (χ1) is 15.3. The summed E-state index contributed by atoms with van der Waals surface area (Å²) in [5.41, 5.74) is 3.49. The van der Waals surface area contributed by atoms with Gasteiger partial charge in [0.2, 0.25) is 5.91 Å². The van der Waals surface area contributed by atoms with Gasteiger partial charge in [-0.1, -0.05) is 13.0 Å². The maximum Gasteiger partial charge on any atom is 0.416 e. The van der Waals surface area contributed by atoms with E-state index in [4.69, 9.17) is 0 Å². The van der Waals surface area contributed by atoms with Crippen LogP contribution in [0.25, 0.3) is 0 Å². The molecule has 1 amide bonds. The maximum atomic E-state index is 13.0. The predicted octanol–water partition coefficient (Wildman–Crippen LogP) is 5.43. The molecule has 1 unspecified atom stereocenters. The Bertz CT molecular complexity index is 1080. The van der Waals surface area contributed by atoms with Crippen molar-refractivity contribution in [3.8, 4) is 0 Å². The van der Waals surface area contributed by atoms with E-state index in [0.29, 0.717) is 25.1 Å². The van der Waals surface area contributed by atoms with E-state index in [-0.39, 0.29) is 11.9 Å². The van der Waals surface area contributed by atoms with E-state index in [1.165, 1.54) is 12.1 Å². The highest BCUT2D eigenvalue weighted by Crippen LogP contribution is 2.39. The number of carbonyl (C=O) groups excluding carboxylic acids is 1. The molecule has 166 valence electrons. The number of anilines is 4. The summed E-state index contributed by atoms with van der Waals surface area (Å²) in [6.45, 7) is 2.25. The van der Waals surface area contributed by atoms with Gasteiger partial charge in [0.15, 0.2) is 0 Å². The smallest absolute Gasteiger partial charge is 0.354 e. The molecule has 2 aromatic carbocycles. The molecule has 0 spiro atoms. The Morgan fingerprint density at radius 3 is 2.56 bits per heavy atom. The van der Waals surface area contributed by atoms with E-state index < -0.39 is 11.7 Å². The van der Waals surface area contributed by atoms with Gasteiger partial charge in [0.05, 0.1) is 23.5 Å². The van der Waals surface area contributed by atoms with Gasteiger partial charge in [-0.05, 0) is 55.0 Å². The number of fused-ring (bicyclic) bond motifs is 1. The minimum atomic E-state index is -4.39. The zero-order valence-electron chi connectivity index (χ0n) is 17.5. The molecule has 0 radical (unpaired) electrons. The van der Waals surface area contributed by atoms with Crippen molar-refractivity contribution < 1.29 is 18.0 Å². The summed E-state index contributed by atoms with van der Waals surface area (Å²) in [6, 6.07) is 14.4. The first kappa shape index (κ1) is 21.7. The van der Waals surface area contributed by atoms with Crippen LogP contribution in [-0.2, 0) is 17.4 Å². The van der Waals surface area contributed by atoms with E-state index in [1.54, 1.807) is 19.3 Å². The Morgan fingerprint density at radius 2 is 1.91 bits per heavy atom. The lowest BCUT2D eigenvalue weighted by atomic mass is 9.95. The number of hydrogen-bond acceptors (Lipinski definition) is 4. The molecule has 0 saturated heterocycles. The molecule has 0 saturated carbocycles. The van der Waals surface area contributed by atoms with E-state index in [0.717, 1.165) is 34.8 Å². The second kappa shape index (κ2) is 8.90. The highest BCUT2D eigenvalue weighted by molar-refractivity contribution is 5.79. The summed E-state index contributed by atoms with van der Waals surface area (Å²) in [5.74, 6) is -0.0662. The molecule has 0 bridgehead atoms. The lowest BCUT2D eigenvalue weighted by Gasteiger charge is -2.37. The fourth-order valence-corrected chi connectivity index (χ4v) is 3.88. The Labute approximate surface area is 184 Å². The SMILES string of the molecule is CCC(=O)NC1Cc2c(Nc3cccnc3)cccc2N(c2ccc(C(F)(F)F)cc2)C1. The number of benzene rings is 2. The van der Waals surface area contributed by atoms with Crippen molar-refractivity contribution in [2.24, 2.45) is 0 Å². The fraction of sp³-hybridized carbons (Fsp3) is 0.250. The molecular formula is C24H23F3N4O. The van der Waals surface area contributed by atoms with Gasteiger partial charge in [0, 0.05) is 41.8 Å². The third-order valence-corrected chi connectivity index (χ3v) is 5.43. The summed E-state index contributed by atoms with van der Waals surface area (Å²) in [6.07, 6.45) is -0.0296. The maximum absolute atomic E-state index is 13.0. The molecule has 4 rings (SSSR count).